The molecule has 0 saturated heterocycles. The van der Waals surface area contributed by atoms with Crippen molar-refractivity contribution in [1.29, 1.82) is 0 Å². The number of carbonyl (C=O) groups excluding carboxylic acids is 1. The molecular weight excluding hydrogens is 538 g/mol. The number of aromatic nitrogens is 2. The summed E-state index contributed by atoms with van der Waals surface area (Å²) < 4.78 is 40.6. The molecule has 9 heteroatoms. The fourth-order valence-electron chi connectivity index (χ4n) is 4.56. The number of methoxy groups -OCH3 is 1. The highest BCUT2D eigenvalue weighted by Crippen LogP contribution is 2.24. The number of fused-ring (bicyclic) bond motifs is 1. The molecule has 1 aromatic heterocycles. The van der Waals surface area contributed by atoms with E-state index in [1.165, 1.54) is 47.7 Å². The van der Waals surface area contributed by atoms with Gasteiger partial charge in [0, 0.05) is 25.2 Å². The normalized spacial score (nSPS) is 11.3. The van der Waals surface area contributed by atoms with E-state index in [-0.39, 0.29) is 11.3 Å². The summed E-state index contributed by atoms with van der Waals surface area (Å²) >= 11 is 0. The fraction of sp³-hybridized carbons (Fsp3) is 0.188. The van der Waals surface area contributed by atoms with Gasteiger partial charge in [-0.2, -0.15) is 5.10 Å². The van der Waals surface area contributed by atoms with Crippen molar-refractivity contribution in [2.75, 3.05) is 13.7 Å². The van der Waals surface area contributed by atoms with Gasteiger partial charge in [-0.05, 0) is 70.3 Å². The third-order valence-corrected chi connectivity index (χ3v) is 8.13. The van der Waals surface area contributed by atoms with Crippen LogP contribution in [0, 0.1) is 0 Å². The zero-order valence-electron chi connectivity index (χ0n) is 22.7. The first-order valence-electron chi connectivity index (χ1n) is 13.3. The van der Waals surface area contributed by atoms with Crippen molar-refractivity contribution in [2.45, 2.75) is 30.7 Å². The molecule has 1 amide bonds. The SMILES string of the molecule is COc1ccc(S(=O)(=O)NC(=O)CCc2ccc(Cn3cccn3)cc2OCCc2ccc3ccccc3c2)cc1. The minimum atomic E-state index is -3.99. The average Bonchev–Trinajstić information content (AvgIpc) is 3.49. The summed E-state index contributed by atoms with van der Waals surface area (Å²) in [7, 11) is -2.49. The Morgan fingerprint density at radius 1 is 0.878 bits per heavy atom. The Morgan fingerprint density at radius 2 is 1.66 bits per heavy atom. The van der Waals surface area contributed by atoms with Gasteiger partial charge < -0.3 is 9.47 Å². The van der Waals surface area contributed by atoms with E-state index in [9.17, 15) is 13.2 Å². The van der Waals surface area contributed by atoms with Crippen molar-refractivity contribution in [2.24, 2.45) is 0 Å². The predicted molar refractivity (Wildman–Crippen MR) is 158 cm³/mol. The molecule has 0 spiro atoms. The molecule has 41 heavy (non-hydrogen) atoms. The van der Waals surface area contributed by atoms with Crippen LogP contribution >= 0.6 is 0 Å². The van der Waals surface area contributed by atoms with E-state index >= 15 is 0 Å². The summed E-state index contributed by atoms with van der Waals surface area (Å²) in [5, 5.41) is 6.65. The summed E-state index contributed by atoms with van der Waals surface area (Å²) in [5.74, 6) is 0.601. The summed E-state index contributed by atoms with van der Waals surface area (Å²) in [6.07, 6.45) is 4.64. The van der Waals surface area contributed by atoms with Crippen molar-refractivity contribution >= 4 is 26.7 Å². The van der Waals surface area contributed by atoms with Gasteiger partial charge in [0.2, 0.25) is 5.91 Å². The number of hydrogen-bond donors (Lipinski definition) is 1. The van der Waals surface area contributed by atoms with Crippen LogP contribution in [0.25, 0.3) is 10.8 Å². The Labute approximate surface area is 239 Å². The van der Waals surface area contributed by atoms with Crippen LogP contribution < -0.4 is 14.2 Å². The van der Waals surface area contributed by atoms with Crippen LogP contribution in [0.1, 0.15) is 23.1 Å². The lowest BCUT2D eigenvalue weighted by Gasteiger charge is -2.14. The number of carbonyl (C=O) groups is 1. The quantitative estimate of drug-likeness (QED) is 0.223. The minimum absolute atomic E-state index is 0.00710. The van der Waals surface area contributed by atoms with Crippen molar-refractivity contribution in [3.8, 4) is 11.5 Å². The summed E-state index contributed by atoms with van der Waals surface area (Å²) in [6.45, 7) is 1.03. The topological polar surface area (TPSA) is 99.5 Å². The fourth-order valence-corrected chi connectivity index (χ4v) is 5.57. The average molecular weight is 570 g/mol. The van der Waals surface area contributed by atoms with Gasteiger partial charge in [-0.3, -0.25) is 9.48 Å². The number of benzene rings is 4. The Hall–Kier alpha value is -4.63. The molecule has 0 saturated carbocycles. The van der Waals surface area contributed by atoms with Crippen molar-refractivity contribution in [3.63, 3.8) is 0 Å². The molecule has 0 aliphatic carbocycles. The van der Waals surface area contributed by atoms with Crippen LogP contribution in [0.4, 0.5) is 0 Å². The first-order valence-corrected chi connectivity index (χ1v) is 14.8. The highest BCUT2D eigenvalue weighted by Gasteiger charge is 2.18. The molecule has 1 heterocycles. The third kappa shape index (κ3) is 7.32. The monoisotopic (exact) mass is 569 g/mol. The van der Waals surface area contributed by atoms with E-state index in [0.29, 0.717) is 37.5 Å². The number of ether oxygens (including phenoxy) is 2. The van der Waals surface area contributed by atoms with E-state index in [1.807, 2.05) is 47.3 Å². The predicted octanol–water partition coefficient (Wildman–Crippen LogP) is 5.15. The maximum Gasteiger partial charge on any atom is 0.264 e. The summed E-state index contributed by atoms with van der Waals surface area (Å²) in [4.78, 5) is 12.6. The van der Waals surface area contributed by atoms with Gasteiger partial charge in [0.15, 0.2) is 0 Å². The van der Waals surface area contributed by atoms with Crippen LogP contribution in [-0.4, -0.2) is 37.8 Å². The first-order chi connectivity index (χ1) is 19.9. The Bertz CT molecular complexity index is 1730. The molecule has 4 aromatic carbocycles. The second-order valence-corrected chi connectivity index (χ2v) is 11.3. The molecule has 0 aliphatic rings. The smallest absolute Gasteiger partial charge is 0.264 e. The molecule has 5 aromatic rings. The number of rotatable bonds is 12. The van der Waals surface area contributed by atoms with Gasteiger partial charge >= 0.3 is 0 Å². The van der Waals surface area contributed by atoms with Gasteiger partial charge in [-0.15, -0.1) is 0 Å². The van der Waals surface area contributed by atoms with Crippen LogP contribution in [-0.2, 0) is 34.2 Å². The Kier molecular flexibility index (Phi) is 8.64. The van der Waals surface area contributed by atoms with Crippen LogP contribution in [0.3, 0.4) is 0 Å². The standard InChI is InChI=1S/C32H31N3O5S/c1-39-29-12-14-30(15-13-29)41(37,38)34-32(36)16-11-27-10-8-25(23-35-19-4-18-33-35)22-31(27)40-20-17-24-7-9-26-5-2-3-6-28(26)21-24/h2-10,12-15,18-19,21-22H,11,16-17,20,23H2,1H3,(H,34,36). The van der Waals surface area contributed by atoms with Gasteiger partial charge in [-0.1, -0.05) is 54.6 Å². The highest BCUT2D eigenvalue weighted by molar-refractivity contribution is 7.90. The molecule has 5 rings (SSSR count). The molecule has 0 fully saturated rings. The molecule has 1 N–H and O–H groups in total. The molecule has 0 unspecified atom stereocenters. The lowest BCUT2D eigenvalue weighted by Crippen LogP contribution is -2.30. The van der Waals surface area contributed by atoms with Gasteiger partial charge in [0.1, 0.15) is 11.5 Å². The lowest BCUT2D eigenvalue weighted by atomic mass is 10.0. The van der Waals surface area contributed by atoms with E-state index in [0.717, 1.165) is 11.1 Å². The molecular formula is C32H31N3O5S. The number of sulfonamides is 1. The first kappa shape index (κ1) is 27.9. The third-order valence-electron chi connectivity index (χ3n) is 6.74. The van der Waals surface area contributed by atoms with E-state index in [1.54, 1.807) is 6.20 Å². The number of hydrogen-bond acceptors (Lipinski definition) is 6. The largest absolute Gasteiger partial charge is 0.497 e. The van der Waals surface area contributed by atoms with Crippen molar-refractivity contribution in [1.82, 2.24) is 14.5 Å². The number of amides is 1. The highest BCUT2D eigenvalue weighted by atomic mass is 32.2. The second kappa shape index (κ2) is 12.7. The maximum absolute atomic E-state index is 12.7. The minimum Gasteiger partial charge on any atom is -0.497 e. The van der Waals surface area contributed by atoms with Gasteiger partial charge in [0.05, 0.1) is 25.2 Å². The molecule has 0 bridgehead atoms. The van der Waals surface area contributed by atoms with E-state index in [2.05, 4.69) is 40.2 Å². The van der Waals surface area contributed by atoms with Crippen molar-refractivity contribution in [3.05, 3.63) is 120 Å². The van der Waals surface area contributed by atoms with E-state index < -0.39 is 15.9 Å². The van der Waals surface area contributed by atoms with Crippen LogP contribution in [0.2, 0.25) is 0 Å². The second-order valence-electron chi connectivity index (χ2n) is 9.63. The van der Waals surface area contributed by atoms with E-state index in [4.69, 9.17) is 9.47 Å². The molecule has 210 valence electrons. The molecule has 0 aliphatic heterocycles. The Morgan fingerprint density at radius 3 is 2.41 bits per heavy atom. The van der Waals surface area contributed by atoms with Crippen LogP contribution in [0.5, 0.6) is 11.5 Å². The number of nitrogens with zero attached hydrogens (tertiary/aromatic N) is 2. The number of aryl methyl sites for hydroxylation is 1. The summed E-state index contributed by atoms with van der Waals surface area (Å²) in [6, 6.07) is 28.2. The number of nitrogens with one attached hydrogen (secondary N) is 1. The molecule has 8 nitrogen and oxygen atoms in total. The van der Waals surface area contributed by atoms with Gasteiger partial charge in [-0.25, -0.2) is 13.1 Å². The van der Waals surface area contributed by atoms with Gasteiger partial charge in [0.25, 0.3) is 10.0 Å². The maximum atomic E-state index is 12.7. The zero-order chi connectivity index (χ0) is 28.7. The van der Waals surface area contributed by atoms with Crippen molar-refractivity contribution < 1.29 is 22.7 Å². The Balaban J connectivity index is 1.26. The zero-order valence-corrected chi connectivity index (χ0v) is 23.5. The molecule has 0 atom stereocenters. The lowest BCUT2D eigenvalue weighted by molar-refractivity contribution is -0.119. The molecule has 0 radical (unpaired) electrons. The summed E-state index contributed by atoms with van der Waals surface area (Å²) in [5.41, 5.74) is 3.00. The van der Waals surface area contributed by atoms with Crippen LogP contribution in [0.15, 0.2) is 108 Å².